The fourth-order valence-electron chi connectivity index (χ4n) is 2.44. The quantitative estimate of drug-likeness (QED) is 0.521. The lowest BCUT2D eigenvalue weighted by atomic mass is 10.1. The fourth-order valence-corrected chi connectivity index (χ4v) is 3.35. The number of nitrogens with one attached hydrogen (secondary N) is 2. The van der Waals surface area contributed by atoms with Crippen molar-refractivity contribution in [1.82, 2.24) is 0 Å². The van der Waals surface area contributed by atoms with Crippen LogP contribution in [-0.2, 0) is 0 Å². The highest BCUT2D eigenvalue weighted by molar-refractivity contribution is 7.99. The second-order valence-electron chi connectivity index (χ2n) is 5.67. The SMILES string of the molecule is CNc1cc(C)cc(NC(=O)c2cccc(C(C)=O)c2)c1SCCN. The topological polar surface area (TPSA) is 84.2 Å². The third-order valence-electron chi connectivity index (χ3n) is 3.65. The van der Waals surface area contributed by atoms with Gasteiger partial charge in [-0.05, 0) is 43.7 Å². The van der Waals surface area contributed by atoms with Gasteiger partial charge in [0.15, 0.2) is 5.78 Å². The number of nitrogens with two attached hydrogens (primary N) is 1. The van der Waals surface area contributed by atoms with Crippen LogP contribution in [0.4, 0.5) is 11.4 Å². The highest BCUT2D eigenvalue weighted by atomic mass is 32.2. The molecule has 0 heterocycles. The predicted molar refractivity (Wildman–Crippen MR) is 105 cm³/mol. The normalized spacial score (nSPS) is 10.4. The number of thioether (sulfide) groups is 1. The number of carbonyl (C=O) groups excluding carboxylic acids is 2. The number of benzene rings is 2. The molecule has 0 saturated carbocycles. The minimum absolute atomic E-state index is 0.0677. The van der Waals surface area contributed by atoms with Crippen LogP contribution in [0.2, 0.25) is 0 Å². The van der Waals surface area contributed by atoms with E-state index in [1.165, 1.54) is 6.92 Å². The lowest BCUT2D eigenvalue weighted by molar-refractivity contribution is 0.101. The Hall–Kier alpha value is -2.31. The molecule has 0 radical (unpaired) electrons. The lowest BCUT2D eigenvalue weighted by Crippen LogP contribution is -2.14. The van der Waals surface area contributed by atoms with Crippen molar-refractivity contribution < 1.29 is 9.59 Å². The average Bonchev–Trinajstić information content (AvgIpc) is 2.60. The van der Waals surface area contributed by atoms with Crippen LogP contribution in [-0.4, -0.2) is 31.0 Å². The molecule has 0 spiro atoms. The first-order chi connectivity index (χ1) is 12.0. The third kappa shape index (κ3) is 4.84. The van der Waals surface area contributed by atoms with Crippen molar-refractivity contribution in [2.24, 2.45) is 5.73 Å². The molecule has 0 aromatic heterocycles. The van der Waals surface area contributed by atoms with Crippen LogP contribution in [0.15, 0.2) is 41.3 Å². The molecule has 0 aliphatic heterocycles. The van der Waals surface area contributed by atoms with Crippen LogP contribution in [0.5, 0.6) is 0 Å². The summed E-state index contributed by atoms with van der Waals surface area (Å²) in [4.78, 5) is 25.1. The average molecular weight is 357 g/mol. The van der Waals surface area contributed by atoms with Gasteiger partial charge < -0.3 is 16.4 Å². The molecule has 0 unspecified atom stereocenters. The van der Waals surface area contributed by atoms with Gasteiger partial charge in [0, 0.05) is 36.2 Å². The van der Waals surface area contributed by atoms with E-state index in [1.54, 1.807) is 36.0 Å². The Morgan fingerprint density at radius 2 is 1.80 bits per heavy atom. The maximum absolute atomic E-state index is 12.6. The summed E-state index contributed by atoms with van der Waals surface area (Å²) in [7, 11) is 1.85. The van der Waals surface area contributed by atoms with Gasteiger partial charge in [0.1, 0.15) is 0 Å². The van der Waals surface area contributed by atoms with Crippen molar-refractivity contribution in [3.63, 3.8) is 0 Å². The highest BCUT2D eigenvalue weighted by Gasteiger charge is 2.14. The van der Waals surface area contributed by atoms with E-state index in [1.807, 2.05) is 26.1 Å². The minimum Gasteiger partial charge on any atom is -0.387 e. The van der Waals surface area contributed by atoms with Crippen molar-refractivity contribution in [3.8, 4) is 0 Å². The first-order valence-electron chi connectivity index (χ1n) is 8.04. The third-order valence-corrected chi connectivity index (χ3v) is 4.81. The molecule has 132 valence electrons. The van der Waals surface area contributed by atoms with Gasteiger partial charge in [0.2, 0.25) is 0 Å². The Morgan fingerprint density at radius 1 is 1.12 bits per heavy atom. The molecular formula is C19H23N3O2S. The van der Waals surface area contributed by atoms with Gasteiger partial charge in [-0.15, -0.1) is 11.8 Å². The molecule has 25 heavy (non-hydrogen) atoms. The molecule has 0 saturated heterocycles. The summed E-state index contributed by atoms with van der Waals surface area (Å²) >= 11 is 1.60. The number of hydrogen-bond acceptors (Lipinski definition) is 5. The number of rotatable bonds is 7. The lowest BCUT2D eigenvalue weighted by Gasteiger charge is -2.16. The van der Waals surface area contributed by atoms with Gasteiger partial charge in [-0.25, -0.2) is 0 Å². The summed E-state index contributed by atoms with van der Waals surface area (Å²) in [5.41, 5.74) is 9.32. The van der Waals surface area contributed by atoms with Crippen molar-refractivity contribution in [1.29, 1.82) is 0 Å². The molecule has 5 nitrogen and oxygen atoms in total. The van der Waals surface area contributed by atoms with Gasteiger partial charge in [-0.2, -0.15) is 0 Å². The molecule has 4 N–H and O–H groups in total. The van der Waals surface area contributed by atoms with Crippen molar-refractivity contribution in [2.45, 2.75) is 18.7 Å². The monoisotopic (exact) mass is 357 g/mol. The second-order valence-corrected chi connectivity index (χ2v) is 6.77. The molecule has 2 aromatic carbocycles. The number of carbonyl (C=O) groups is 2. The van der Waals surface area contributed by atoms with Gasteiger partial charge in [0.05, 0.1) is 10.6 Å². The highest BCUT2D eigenvalue weighted by Crippen LogP contribution is 2.36. The number of hydrogen-bond donors (Lipinski definition) is 3. The second kappa shape index (κ2) is 8.69. The smallest absolute Gasteiger partial charge is 0.255 e. The molecule has 2 rings (SSSR count). The summed E-state index contributed by atoms with van der Waals surface area (Å²) in [5.74, 6) is 0.438. The molecule has 1 amide bonds. The molecule has 0 bridgehead atoms. The van der Waals surface area contributed by atoms with Crippen molar-refractivity contribution in [2.75, 3.05) is 30.0 Å². The molecule has 2 aromatic rings. The maximum atomic E-state index is 12.6. The Kier molecular flexibility index (Phi) is 6.61. The Morgan fingerprint density at radius 3 is 2.44 bits per heavy atom. The summed E-state index contributed by atoms with van der Waals surface area (Å²) < 4.78 is 0. The summed E-state index contributed by atoms with van der Waals surface area (Å²) in [5, 5.41) is 6.13. The van der Waals surface area contributed by atoms with E-state index in [0.29, 0.717) is 17.7 Å². The van der Waals surface area contributed by atoms with Crippen molar-refractivity contribution >= 4 is 34.8 Å². The molecule has 0 fully saturated rings. The van der Waals surface area contributed by atoms with Crippen LogP contribution in [0, 0.1) is 6.92 Å². The number of amides is 1. The van der Waals surface area contributed by atoms with E-state index in [4.69, 9.17) is 5.73 Å². The molecular weight excluding hydrogens is 334 g/mol. The summed E-state index contributed by atoms with van der Waals surface area (Å²) in [6.07, 6.45) is 0. The fraction of sp³-hybridized carbons (Fsp3) is 0.263. The Labute approximate surface area is 152 Å². The van der Waals surface area contributed by atoms with E-state index < -0.39 is 0 Å². The zero-order valence-electron chi connectivity index (χ0n) is 14.7. The van der Waals surface area contributed by atoms with E-state index >= 15 is 0 Å². The van der Waals surface area contributed by atoms with E-state index in [2.05, 4.69) is 10.6 Å². The summed E-state index contributed by atoms with van der Waals surface area (Å²) in [6.45, 7) is 4.01. The summed E-state index contributed by atoms with van der Waals surface area (Å²) in [6, 6.07) is 10.7. The molecule has 0 aliphatic carbocycles. The van der Waals surface area contributed by atoms with E-state index in [9.17, 15) is 9.59 Å². The molecule has 0 aliphatic rings. The Balaban J connectivity index is 2.35. The molecule has 0 atom stereocenters. The van der Waals surface area contributed by atoms with E-state index in [0.717, 1.165) is 27.6 Å². The number of ketones is 1. The minimum atomic E-state index is -0.245. The first kappa shape index (κ1) is 19.0. The van der Waals surface area contributed by atoms with Crippen LogP contribution in [0.1, 0.15) is 33.2 Å². The van der Waals surface area contributed by atoms with Crippen LogP contribution in [0.25, 0.3) is 0 Å². The van der Waals surface area contributed by atoms with Crippen LogP contribution >= 0.6 is 11.8 Å². The standard InChI is InChI=1S/C19H23N3O2S/c1-12-9-16(21-3)18(25-8-7-20)17(10-12)22-19(24)15-6-4-5-14(11-15)13(2)23/h4-6,9-11,21H,7-8,20H2,1-3H3,(H,22,24). The zero-order valence-corrected chi connectivity index (χ0v) is 15.5. The first-order valence-corrected chi connectivity index (χ1v) is 9.02. The maximum Gasteiger partial charge on any atom is 0.255 e. The zero-order chi connectivity index (χ0) is 18.4. The van der Waals surface area contributed by atoms with Gasteiger partial charge >= 0.3 is 0 Å². The predicted octanol–water partition coefficient (Wildman–Crippen LogP) is 3.54. The van der Waals surface area contributed by atoms with Gasteiger partial charge in [-0.1, -0.05) is 12.1 Å². The van der Waals surface area contributed by atoms with Gasteiger partial charge in [0.25, 0.3) is 5.91 Å². The molecule has 6 heteroatoms. The largest absolute Gasteiger partial charge is 0.387 e. The van der Waals surface area contributed by atoms with Crippen LogP contribution < -0.4 is 16.4 Å². The van der Waals surface area contributed by atoms with Crippen LogP contribution in [0.3, 0.4) is 0 Å². The number of Topliss-reactive ketones (excluding diaryl/α,β-unsaturated/α-hetero) is 1. The number of aryl methyl sites for hydroxylation is 1. The van der Waals surface area contributed by atoms with Crippen molar-refractivity contribution in [3.05, 3.63) is 53.1 Å². The Bertz CT molecular complexity index is 790. The van der Waals surface area contributed by atoms with E-state index in [-0.39, 0.29) is 11.7 Å². The van der Waals surface area contributed by atoms with Gasteiger partial charge in [-0.3, -0.25) is 9.59 Å². The number of anilines is 2.